The van der Waals surface area contributed by atoms with Crippen molar-refractivity contribution in [3.8, 4) is 0 Å². The third-order valence-electron chi connectivity index (χ3n) is 9.55. The second kappa shape index (κ2) is 12.5. The number of sulfonamides is 1. The first kappa shape index (κ1) is 30.7. The first-order valence-electron chi connectivity index (χ1n) is 15.8. The van der Waals surface area contributed by atoms with Gasteiger partial charge in [-0.05, 0) is 70.7 Å². The van der Waals surface area contributed by atoms with Gasteiger partial charge in [-0.2, -0.15) is 0 Å². The largest absolute Gasteiger partial charge is 0.322 e. The van der Waals surface area contributed by atoms with Crippen LogP contribution in [0.25, 0.3) is 0 Å². The predicted octanol–water partition coefficient (Wildman–Crippen LogP) is 8.18. The summed E-state index contributed by atoms with van der Waals surface area (Å²) in [4.78, 5) is 0.191. The van der Waals surface area contributed by atoms with Crippen molar-refractivity contribution >= 4 is 15.7 Å². The number of nitrogens with zero attached hydrogens (tertiary/aromatic N) is 1. The number of halogens is 1. The lowest BCUT2D eigenvalue weighted by molar-refractivity contribution is -0.924. The lowest BCUT2D eigenvalue weighted by Gasteiger charge is -2.39. The Balaban J connectivity index is 1.18. The lowest BCUT2D eigenvalue weighted by atomic mass is 9.86. The smallest absolute Gasteiger partial charge is 0.261 e. The summed E-state index contributed by atoms with van der Waals surface area (Å²) < 4.78 is 44.8. The maximum Gasteiger partial charge on any atom is 0.261 e. The van der Waals surface area contributed by atoms with E-state index < -0.39 is 15.8 Å². The van der Waals surface area contributed by atoms with Crippen LogP contribution in [-0.2, 0) is 41.2 Å². The Morgan fingerprint density at radius 2 is 1.62 bits per heavy atom. The summed E-state index contributed by atoms with van der Waals surface area (Å²) in [5.41, 5.74) is 6.05. The van der Waals surface area contributed by atoms with Crippen LogP contribution in [0.15, 0.2) is 65.6 Å². The summed E-state index contributed by atoms with van der Waals surface area (Å²) in [6, 6.07) is 19.3. The third kappa shape index (κ3) is 7.62. The van der Waals surface area contributed by atoms with Crippen molar-refractivity contribution < 1.29 is 17.3 Å². The Hall–Kier alpha value is -2.70. The topological polar surface area (TPSA) is 46.2 Å². The van der Waals surface area contributed by atoms with Gasteiger partial charge in [0.15, 0.2) is 0 Å². The van der Waals surface area contributed by atoms with Gasteiger partial charge >= 0.3 is 0 Å². The quantitative estimate of drug-likeness (QED) is 0.242. The van der Waals surface area contributed by atoms with E-state index in [2.05, 4.69) is 56.8 Å². The third-order valence-corrected chi connectivity index (χ3v) is 10.9. The molecule has 1 saturated carbocycles. The number of anilines is 1. The second-order valence-corrected chi connectivity index (χ2v) is 15.7. The van der Waals surface area contributed by atoms with E-state index in [-0.39, 0.29) is 16.0 Å². The van der Waals surface area contributed by atoms with Crippen LogP contribution in [0.2, 0.25) is 0 Å². The molecule has 4 nitrogen and oxygen atoms in total. The molecule has 1 aliphatic carbocycles. The number of nitrogens with one attached hydrogen (secondary N) is 1. The molecule has 0 amide bonds. The average Bonchev–Trinajstić information content (AvgIpc) is 3.46. The molecule has 226 valence electrons. The van der Waals surface area contributed by atoms with Crippen LogP contribution < -0.4 is 4.72 Å². The van der Waals surface area contributed by atoms with E-state index in [0.717, 1.165) is 66.8 Å². The summed E-state index contributed by atoms with van der Waals surface area (Å²) >= 11 is 0. The first-order chi connectivity index (χ1) is 19.9. The van der Waals surface area contributed by atoms with E-state index in [0.29, 0.717) is 0 Å². The maximum absolute atomic E-state index is 14.9. The van der Waals surface area contributed by atoms with Crippen molar-refractivity contribution in [2.45, 2.75) is 95.4 Å². The van der Waals surface area contributed by atoms with E-state index >= 15 is 0 Å². The van der Waals surface area contributed by atoms with Crippen molar-refractivity contribution in [3.63, 3.8) is 0 Å². The minimum Gasteiger partial charge on any atom is -0.322 e. The number of fused-ring (bicyclic) bond motifs is 1. The Morgan fingerprint density at radius 1 is 0.905 bits per heavy atom. The van der Waals surface area contributed by atoms with Gasteiger partial charge in [0.1, 0.15) is 12.4 Å². The van der Waals surface area contributed by atoms with Crippen LogP contribution in [0, 0.1) is 11.7 Å². The molecule has 3 aromatic rings. The minimum absolute atomic E-state index is 0.00652. The van der Waals surface area contributed by atoms with Gasteiger partial charge in [-0.25, -0.2) is 12.8 Å². The predicted molar refractivity (Wildman–Crippen MR) is 171 cm³/mol. The molecular formula is C36H48FN2O2S+. The summed E-state index contributed by atoms with van der Waals surface area (Å²) in [5.74, 6) is 0.303. The molecule has 1 fully saturated rings. The Labute approximate surface area is 253 Å². The van der Waals surface area contributed by atoms with Crippen molar-refractivity contribution in [1.29, 1.82) is 0 Å². The van der Waals surface area contributed by atoms with Gasteiger partial charge in [0.25, 0.3) is 10.0 Å². The molecule has 0 radical (unpaired) electrons. The van der Waals surface area contributed by atoms with Crippen molar-refractivity contribution in [2.24, 2.45) is 5.92 Å². The first-order valence-corrected chi connectivity index (χ1v) is 17.2. The highest BCUT2D eigenvalue weighted by atomic mass is 32.2. The fraction of sp³-hybridized carbons (Fsp3) is 0.500. The van der Waals surface area contributed by atoms with Gasteiger partial charge in [0.05, 0.1) is 30.7 Å². The molecular weight excluding hydrogens is 543 g/mol. The Bertz CT molecular complexity index is 1490. The number of hydrogen-bond acceptors (Lipinski definition) is 2. The van der Waals surface area contributed by atoms with Crippen molar-refractivity contribution in [1.82, 2.24) is 0 Å². The summed E-state index contributed by atoms with van der Waals surface area (Å²) in [7, 11) is -1.60. The van der Waals surface area contributed by atoms with Crippen LogP contribution >= 0.6 is 0 Å². The summed E-state index contributed by atoms with van der Waals surface area (Å²) in [5, 5.41) is 0. The molecule has 42 heavy (non-hydrogen) atoms. The number of aryl methyl sites for hydroxylation is 1. The summed E-state index contributed by atoms with van der Waals surface area (Å²) in [6.45, 7) is 9.58. The molecule has 6 heteroatoms. The molecule has 0 aromatic heterocycles. The van der Waals surface area contributed by atoms with Gasteiger partial charge in [-0.3, -0.25) is 4.72 Å². The molecule has 1 unspecified atom stereocenters. The van der Waals surface area contributed by atoms with Gasteiger partial charge in [-0.1, -0.05) is 89.3 Å². The standard InChI is InChI=1S/C36H48FN2O2S/c1-36(2,3)32-16-12-28(13-17-32)20-22-39(4)23-21-30-25-33(18-15-31(30)26-39)42(40,41)38-35-19-14-29(24-34(35)37)11-7-10-27-8-5-6-9-27/h12-19,24-25,27,38H,5-11,20-23,26H2,1-4H3/q+1. The van der Waals surface area contributed by atoms with E-state index in [9.17, 15) is 12.8 Å². The van der Waals surface area contributed by atoms with Crippen LogP contribution in [0.4, 0.5) is 10.1 Å². The molecule has 1 N–H and O–H groups in total. The fourth-order valence-corrected chi connectivity index (χ4v) is 7.81. The molecule has 2 aliphatic rings. The molecule has 1 aliphatic heterocycles. The van der Waals surface area contributed by atoms with E-state index in [1.54, 1.807) is 18.2 Å². The van der Waals surface area contributed by atoms with Crippen molar-refractivity contribution in [3.05, 3.63) is 94.3 Å². The fourth-order valence-electron chi connectivity index (χ4n) is 6.69. The van der Waals surface area contributed by atoms with Gasteiger partial charge in [0.2, 0.25) is 0 Å². The molecule has 0 bridgehead atoms. The normalized spacial score (nSPS) is 19.5. The number of benzene rings is 3. The van der Waals surface area contributed by atoms with E-state index in [4.69, 9.17) is 0 Å². The number of quaternary nitrogens is 1. The Kier molecular flexibility index (Phi) is 9.15. The highest BCUT2D eigenvalue weighted by molar-refractivity contribution is 7.92. The lowest BCUT2D eigenvalue weighted by Crippen LogP contribution is -2.48. The zero-order chi connectivity index (χ0) is 30.0. The molecule has 5 rings (SSSR count). The number of hydrogen-bond donors (Lipinski definition) is 1. The van der Waals surface area contributed by atoms with Crippen LogP contribution in [-0.4, -0.2) is 33.0 Å². The molecule has 0 spiro atoms. The SMILES string of the molecule is CC(C)(C)c1ccc(CC[N+]2(C)CCc3cc(S(=O)(=O)Nc4ccc(CCCC5CCCC5)cc4F)ccc3C2)cc1. The monoisotopic (exact) mass is 591 g/mol. The van der Waals surface area contributed by atoms with Crippen molar-refractivity contribution in [2.75, 3.05) is 24.9 Å². The van der Waals surface area contributed by atoms with Crippen LogP contribution in [0.5, 0.6) is 0 Å². The highest BCUT2D eigenvalue weighted by Crippen LogP contribution is 2.31. The Morgan fingerprint density at radius 3 is 2.31 bits per heavy atom. The molecule has 1 atom stereocenters. The van der Waals surface area contributed by atoms with E-state index in [1.807, 2.05) is 12.1 Å². The van der Waals surface area contributed by atoms with E-state index in [1.165, 1.54) is 54.9 Å². The van der Waals surface area contributed by atoms with Crippen LogP contribution in [0.1, 0.15) is 87.1 Å². The van der Waals surface area contributed by atoms with Gasteiger partial charge in [0, 0.05) is 18.4 Å². The number of rotatable bonds is 10. The average molecular weight is 592 g/mol. The zero-order valence-electron chi connectivity index (χ0n) is 25.9. The minimum atomic E-state index is -3.89. The summed E-state index contributed by atoms with van der Waals surface area (Å²) in [6.07, 6.45) is 10.2. The molecule has 3 aromatic carbocycles. The van der Waals surface area contributed by atoms with Gasteiger partial charge in [-0.15, -0.1) is 0 Å². The van der Waals surface area contributed by atoms with Crippen LogP contribution in [0.3, 0.4) is 0 Å². The molecule has 0 saturated heterocycles. The number of likely N-dealkylation sites (N-methyl/N-ethyl adjacent to an activating group) is 1. The zero-order valence-corrected chi connectivity index (χ0v) is 26.7. The van der Waals surface area contributed by atoms with Gasteiger partial charge < -0.3 is 4.48 Å². The highest BCUT2D eigenvalue weighted by Gasteiger charge is 2.30. The second-order valence-electron chi connectivity index (χ2n) is 14.1. The molecule has 1 heterocycles. The maximum atomic E-state index is 14.9.